The Hall–Kier alpha value is -1.67. The van der Waals surface area contributed by atoms with Gasteiger partial charge in [0, 0.05) is 27.2 Å². The Bertz CT molecular complexity index is 268. The van der Waals surface area contributed by atoms with Crippen molar-refractivity contribution in [2.45, 2.75) is 6.18 Å². The third-order valence-corrected chi connectivity index (χ3v) is 1.44. The summed E-state index contributed by atoms with van der Waals surface area (Å²) in [6.07, 6.45) is -5.72. The second-order valence-corrected chi connectivity index (χ2v) is 3.24. The Morgan fingerprint density at radius 3 is 2.18 bits per heavy atom. The summed E-state index contributed by atoms with van der Waals surface area (Å²) in [5, 5.41) is 4.46. The molecule has 0 rings (SSSR count). The number of urea groups is 1. The summed E-state index contributed by atoms with van der Waals surface area (Å²) in [5.74, 6) is 0. The Morgan fingerprint density at radius 2 is 1.71 bits per heavy atom. The van der Waals surface area contributed by atoms with Crippen LogP contribution in [0.15, 0.2) is 0 Å². The molecule has 0 heterocycles. The first-order valence-electron chi connectivity index (χ1n) is 4.65. The lowest BCUT2D eigenvalue weighted by Crippen LogP contribution is -2.40. The molecular formula is C8H14F3N3O3. The maximum absolute atomic E-state index is 11.6. The minimum atomic E-state index is -4.55. The number of nitrogens with zero attached hydrogens (tertiary/aromatic N) is 1. The molecule has 0 fully saturated rings. The number of halogens is 3. The topological polar surface area (TPSA) is 70.7 Å². The third-order valence-electron chi connectivity index (χ3n) is 1.44. The van der Waals surface area contributed by atoms with Crippen molar-refractivity contribution in [3.8, 4) is 0 Å². The van der Waals surface area contributed by atoms with Crippen molar-refractivity contribution >= 4 is 12.1 Å². The van der Waals surface area contributed by atoms with Gasteiger partial charge in [0.25, 0.3) is 0 Å². The van der Waals surface area contributed by atoms with E-state index in [4.69, 9.17) is 0 Å². The molecule has 0 spiro atoms. The third kappa shape index (κ3) is 9.27. The number of nitrogens with one attached hydrogen (secondary N) is 2. The van der Waals surface area contributed by atoms with E-state index in [9.17, 15) is 22.8 Å². The zero-order valence-electron chi connectivity index (χ0n) is 9.43. The quantitative estimate of drug-likeness (QED) is 0.722. The highest BCUT2D eigenvalue weighted by molar-refractivity contribution is 5.73. The molecule has 6 nitrogen and oxygen atoms in total. The van der Waals surface area contributed by atoms with Crippen LogP contribution in [-0.4, -0.2) is 57.0 Å². The normalized spacial score (nSPS) is 10.6. The van der Waals surface area contributed by atoms with Crippen LogP contribution in [0.5, 0.6) is 0 Å². The highest BCUT2D eigenvalue weighted by Crippen LogP contribution is 2.14. The van der Waals surface area contributed by atoms with Gasteiger partial charge in [-0.1, -0.05) is 0 Å². The molecule has 0 saturated carbocycles. The zero-order valence-corrected chi connectivity index (χ0v) is 9.43. The summed E-state index contributed by atoms with van der Waals surface area (Å²) in [6, 6.07) is -0.365. The van der Waals surface area contributed by atoms with Gasteiger partial charge in [-0.3, -0.25) is 0 Å². The van der Waals surface area contributed by atoms with E-state index in [2.05, 4.69) is 15.4 Å². The highest BCUT2D eigenvalue weighted by Gasteiger charge is 2.29. The molecule has 0 radical (unpaired) electrons. The van der Waals surface area contributed by atoms with Crippen LogP contribution in [0.2, 0.25) is 0 Å². The molecule has 0 aliphatic heterocycles. The lowest BCUT2D eigenvalue weighted by atomic mass is 10.6. The van der Waals surface area contributed by atoms with Crippen molar-refractivity contribution in [1.82, 2.24) is 15.5 Å². The van der Waals surface area contributed by atoms with Crippen molar-refractivity contribution < 1.29 is 27.5 Å². The van der Waals surface area contributed by atoms with Crippen molar-refractivity contribution in [3.63, 3.8) is 0 Å². The molecule has 2 N–H and O–H groups in total. The van der Waals surface area contributed by atoms with Gasteiger partial charge < -0.3 is 20.3 Å². The van der Waals surface area contributed by atoms with Crippen LogP contribution in [0.25, 0.3) is 0 Å². The van der Waals surface area contributed by atoms with E-state index in [1.165, 1.54) is 19.0 Å². The Labute approximate surface area is 96.1 Å². The van der Waals surface area contributed by atoms with Gasteiger partial charge in [0.05, 0.1) is 0 Å². The second-order valence-electron chi connectivity index (χ2n) is 3.24. The number of alkyl carbamates (subject to hydrolysis) is 1. The summed E-state index contributed by atoms with van der Waals surface area (Å²) >= 11 is 0. The van der Waals surface area contributed by atoms with Crippen LogP contribution in [0, 0.1) is 0 Å². The number of carbonyl (C=O) groups excluding carboxylic acids is 2. The molecule has 0 aromatic carbocycles. The molecule has 0 atom stereocenters. The fraction of sp³-hybridized carbons (Fsp3) is 0.750. The van der Waals surface area contributed by atoms with Crippen molar-refractivity contribution in [3.05, 3.63) is 0 Å². The van der Waals surface area contributed by atoms with Gasteiger partial charge in [0.1, 0.15) is 0 Å². The first kappa shape index (κ1) is 15.3. The molecule has 9 heteroatoms. The van der Waals surface area contributed by atoms with Gasteiger partial charge in [-0.2, -0.15) is 13.2 Å². The number of hydrogen-bond acceptors (Lipinski definition) is 3. The van der Waals surface area contributed by atoms with E-state index in [-0.39, 0.29) is 19.1 Å². The second kappa shape index (κ2) is 6.81. The van der Waals surface area contributed by atoms with Crippen LogP contribution in [0.1, 0.15) is 0 Å². The minimum absolute atomic E-state index is 0.0176. The van der Waals surface area contributed by atoms with Crippen molar-refractivity contribution in [2.24, 2.45) is 0 Å². The molecule has 0 unspecified atom stereocenters. The van der Waals surface area contributed by atoms with E-state index >= 15 is 0 Å². The number of rotatable bonds is 4. The van der Waals surface area contributed by atoms with Gasteiger partial charge >= 0.3 is 18.3 Å². The summed E-state index contributed by atoms with van der Waals surface area (Å²) in [4.78, 5) is 23.0. The van der Waals surface area contributed by atoms with Crippen LogP contribution in [0.4, 0.5) is 22.8 Å². The maximum atomic E-state index is 11.6. The monoisotopic (exact) mass is 257 g/mol. The maximum Gasteiger partial charge on any atom is 0.422 e. The molecule has 0 saturated heterocycles. The van der Waals surface area contributed by atoms with Gasteiger partial charge in [0.2, 0.25) is 0 Å². The fourth-order valence-corrected chi connectivity index (χ4v) is 0.691. The summed E-state index contributed by atoms with van der Waals surface area (Å²) < 4.78 is 38.8. The lowest BCUT2D eigenvalue weighted by Gasteiger charge is -2.12. The first-order valence-corrected chi connectivity index (χ1v) is 4.65. The number of hydrogen-bond donors (Lipinski definition) is 2. The Morgan fingerprint density at radius 1 is 1.18 bits per heavy atom. The molecule has 17 heavy (non-hydrogen) atoms. The Kier molecular flexibility index (Phi) is 6.15. The van der Waals surface area contributed by atoms with Crippen LogP contribution in [0.3, 0.4) is 0 Å². The number of alkyl halides is 3. The summed E-state index contributed by atoms with van der Waals surface area (Å²) in [5.41, 5.74) is 0. The van der Waals surface area contributed by atoms with E-state index in [0.29, 0.717) is 0 Å². The minimum Gasteiger partial charge on any atom is -0.440 e. The molecule has 0 aromatic heterocycles. The summed E-state index contributed by atoms with van der Waals surface area (Å²) in [7, 11) is 3.06. The average molecular weight is 257 g/mol. The largest absolute Gasteiger partial charge is 0.440 e. The van der Waals surface area contributed by atoms with E-state index in [0.717, 1.165) is 0 Å². The Balaban J connectivity index is 3.56. The molecule has 0 aliphatic carbocycles. The van der Waals surface area contributed by atoms with Gasteiger partial charge in [-0.05, 0) is 0 Å². The first-order chi connectivity index (χ1) is 7.72. The van der Waals surface area contributed by atoms with Crippen LogP contribution >= 0.6 is 0 Å². The number of ether oxygens (including phenoxy) is 1. The molecule has 0 aromatic rings. The predicted molar refractivity (Wildman–Crippen MR) is 52.5 cm³/mol. The summed E-state index contributed by atoms with van der Waals surface area (Å²) in [6.45, 7) is -1.56. The predicted octanol–water partition coefficient (Wildman–Crippen LogP) is 0.546. The molecule has 3 amide bonds. The van der Waals surface area contributed by atoms with Crippen molar-refractivity contribution in [2.75, 3.05) is 33.8 Å². The standard InChI is InChI=1S/C8H14F3N3O3/c1-14(2)6(15)12-3-4-13-7(16)17-5-8(9,10)11/h3-5H2,1-2H3,(H,12,15)(H,13,16). The van der Waals surface area contributed by atoms with Crippen LogP contribution < -0.4 is 10.6 Å². The number of amides is 3. The van der Waals surface area contributed by atoms with Gasteiger partial charge in [-0.25, -0.2) is 9.59 Å². The SMILES string of the molecule is CN(C)C(=O)NCCNC(=O)OCC(F)(F)F. The van der Waals surface area contributed by atoms with Gasteiger partial charge in [0.15, 0.2) is 6.61 Å². The molecule has 100 valence electrons. The fourth-order valence-electron chi connectivity index (χ4n) is 0.691. The van der Waals surface area contributed by atoms with Crippen LogP contribution in [-0.2, 0) is 4.74 Å². The highest BCUT2D eigenvalue weighted by atomic mass is 19.4. The number of carbonyl (C=O) groups is 2. The average Bonchev–Trinajstić information content (AvgIpc) is 2.20. The van der Waals surface area contributed by atoms with E-state index < -0.39 is 18.9 Å². The van der Waals surface area contributed by atoms with E-state index in [1.807, 2.05) is 0 Å². The van der Waals surface area contributed by atoms with Crippen molar-refractivity contribution in [1.29, 1.82) is 0 Å². The molecular weight excluding hydrogens is 243 g/mol. The van der Waals surface area contributed by atoms with E-state index in [1.54, 1.807) is 0 Å². The lowest BCUT2D eigenvalue weighted by molar-refractivity contribution is -0.160. The van der Waals surface area contributed by atoms with Gasteiger partial charge in [-0.15, -0.1) is 0 Å². The smallest absolute Gasteiger partial charge is 0.422 e. The molecule has 0 aliphatic rings. The molecule has 0 bridgehead atoms. The zero-order chi connectivity index (χ0) is 13.5.